The average Bonchev–Trinajstić information content (AvgIpc) is 3.65. The van der Waals surface area contributed by atoms with E-state index < -0.39 is 5.25 Å². The number of rotatable bonds is 9. The molecule has 4 aromatic rings. The van der Waals surface area contributed by atoms with E-state index in [-0.39, 0.29) is 12.7 Å². The number of ether oxygens (including phenoxy) is 3. The number of methoxy groups -OCH3 is 1. The van der Waals surface area contributed by atoms with E-state index in [4.69, 9.17) is 43.0 Å². The number of aromatic nitrogens is 5. The molecule has 0 bridgehead atoms. The molecule has 0 N–H and O–H groups in total. The van der Waals surface area contributed by atoms with Gasteiger partial charge in [0.05, 0.1) is 19.8 Å². The minimum absolute atomic E-state index is 0.0670. The van der Waals surface area contributed by atoms with E-state index in [9.17, 15) is 0 Å². The molecule has 2 unspecified atom stereocenters. The van der Waals surface area contributed by atoms with Crippen LogP contribution in [-0.4, -0.2) is 44.7 Å². The van der Waals surface area contributed by atoms with Gasteiger partial charge in [0.25, 0.3) is 5.89 Å². The quantitative estimate of drug-likeness (QED) is 0.320. The predicted molar refractivity (Wildman–Crippen MR) is 132 cm³/mol. The van der Waals surface area contributed by atoms with Crippen LogP contribution < -0.4 is 9.47 Å². The van der Waals surface area contributed by atoms with Crippen molar-refractivity contribution in [2.24, 2.45) is 0 Å². The normalized spacial score (nSPS) is 16.4. The van der Waals surface area contributed by atoms with Crippen LogP contribution in [0.5, 0.6) is 11.5 Å². The van der Waals surface area contributed by atoms with Gasteiger partial charge in [-0.1, -0.05) is 22.8 Å². The van der Waals surface area contributed by atoms with E-state index in [0.717, 1.165) is 30.8 Å². The summed E-state index contributed by atoms with van der Waals surface area (Å²) in [6, 6.07) is 14.6. The van der Waals surface area contributed by atoms with Gasteiger partial charge in [-0.15, -0.1) is 10.2 Å². The summed E-state index contributed by atoms with van der Waals surface area (Å²) in [5.41, 5.74) is 0.728. The highest BCUT2D eigenvalue weighted by Gasteiger charge is 2.27. The fourth-order valence-electron chi connectivity index (χ4n) is 3.87. The van der Waals surface area contributed by atoms with Crippen molar-refractivity contribution in [1.82, 2.24) is 24.9 Å². The third kappa shape index (κ3) is 5.44. The number of benzene rings is 2. The lowest BCUT2D eigenvalue weighted by Gasteiger charge is -2.16. The van der Waals surface area contributed by atoms with Crippen molar-refractivity contribution in [3.8, 4) is 23.0 Å². The maximum Gasteiger partial charge on any atom is 0.258 e. The van der Waals surface area contributed by atoms with Gasteiger partial charge in [0.15, 0.2) is 17.5 Å². The molecule has 1 aliphatic heterocycles. The average molecular weight is 514 g/mol. The maximum atomic E-state index is 6.10. The van der Waals surface area contributed by atoms with Gasteiger partial charge in [0, 0.05) is 17.2 Å². The number of hydrogen-bond donors (Lipinski definition) is 1. The molecule has 2 aromatic carbocycles. The van der Waals surface area contributed by atoms with Crippen molar-refractivity contribution in [3.05, 3.63) is 71.0 Å². The Morgan fingerprint density at radius 3 is 2.74 bits per heavy atom. The molecule has 2 atom stereocenters. The number of hydrogen-bond acceptors (Lipinski definition) is 9. The summed E-state index contributed by atoms with van der Waals surface area (Å²) in [7, 11) is 1.63. The molecule has 11 heteroatoms. The predicted octanol–water partition coefficient (Wildman–Crippen LogP) is 4.77. The van der Waals surface area contributed by atoms with Crippen molar-refractivity contribution in [3.63, 3.8) is 0 Å². The lowest BCUT2D eigenvalue weighted by atomic mass is 10.2. The third-order valence-corrected chi connectivity index (χ3v) is 6.39. The molecule has 1 aliphatic rings. The van der Waals surface area contributed by atoms with Gasteiger partial charge in [-0.2, -0.15) is 17.6 Å². The molecule has 0 spiro atoms. The van der Waals surface area contributed by atoms with E-state index >= 15 is 0 Å². The Bertz CT molecular complexity index is 1270. The van der Waals surface area contributed by atoms with Crippen molar-refractivity contribution < 1.29 is 18.7 Å². The van der Waals surface area contributed by atoms with Crippen molar-refractivity contribution >= 4 is 24.2 Å². The molecule has 9 nitrogen and oxygen atoms in total. The van der Waals surface area contributed by atoms with E-state index in [1.165, 1.54) is 0 Å². The highest BCUT2D eigenvalue weighted by atomic mass is 35.5. The monoisotopic (exact) mass is 513 g/mol. The van der Waals surface area contributed by atoms with Crippen LogP contribution in [0.25, 0.3) is 11.5 Å². The van der Waals surface area contributed by atoms with Gasteiger partial charge in [0.2, 0.25) is 0 Å². The molecule has 5 rings (SSSR count). The summed E-state index contributed by atoms with van der Waals surface area (Å²) in [6.45, 7) is 1.56. The molecule has 0 amide bonds. The molecule has 0 radical (unpaired) electrons. The van der Waals surface area contributed by atoms with Crippen molar-refractivity contribution in [2.45, 2.75) is 37.3 Å². The summed E-state index contributed by atoms with van der Waals surface area (Å²) in [6.07, 6.45) is 2.06. The topological polar surface area (TPSA) is 97.3 Å². The highest BCUT2D eigenvalue weighted by Crippen LogP contribution is 2.30. The van der Waals surface area contributed by atoms with Gasteiger partial charge in [-0.3, -0.25) is 0 Å². The Morgan fingerprint density at radius 2 is 2.00 bits per heavy atom. The molecule has 0 saturated carbocycles. The Kier molecular flexibility index (Phi) is 7.21. The van der Waals surface area contributed by atoms with Crippen LogP contribution in [0.15, 0.2) is 53.1 Å². The van der Waals surface area contributed by atoms with E-state index in [1.807, 2.05) is 41.0 Å². The summed E-state index contributed by atoms with van der Waals surface area (Å²) >= 11 is 10.9. The summed E-state index contributed by atoms with van der Waals surface area (Å²) < 4.78 is 24.5. The lowest BCUT2D eigenvalue weighted by Crippen LogP contribution is -2.21. The molecule has 1 fully saturated rings. The van der Waals surface area contributed by atoms with Crippen LogP contribution >= 0.6 is 24.2 Å². The molecule has 3 heterocycles. The molecule has 35 heavy (non-hydrogen) atoms. The molecule has 0 aliphatic carbocycles. The first-order valence-electron chi connectivity index (χ1n) is 11.2. The van der Waals surface area contributed by atoms with E-state index in [2.05, 4.69) is 20.3 Å². The van der Waals surface area contributed by atoms with E-state index in [0.29, 0.717) is 40.7 Å². The van der Waals surface area contributed by atoms with E-state index in [1.54, 1.807) is 19.2 Å². The first-order valence-corrected chi connectivity index (χ1v) is 12.1. The summed E-state index contributed by atoms with van der Waals surface area (Å²) in [4.78, 5) is 4.52. The smallest absolute Gasteiger partial charge is 0.258 e. The van der Waals surface area contributed by atoms with Gasteiger partial charge in [-0.05, 0) is 55.3 Å². The Hall–Kier alpha value is -3.08. The molecular weight excluding hydrogens is 490 g/mol. The lowest BCUT2D eigenvalue weighted by molar-refractivity contribution is 0.0945. The van der Waals surface area contributed by atoms with Gasteiger partial charge < -0.3 is 23.3 Å². The fraction of sp³-hybridized carbons (Fsp3) is 0.333. The fourth-order valence-corrected chi connectivity index (χ4v) is 4.36. The Balaban J connectivity index is 1.38. The zero-order valence-corrected chi connectivity index (χ0v) is 20.7. The van der Waals surface area contributed by atoms with Crippen LogP contribution in [-0.2, 0) is 17.9 Å². The largest absolute Gasteiger partial charge is 0.497 e. The summed E-state index contributed by atoms with van der Waals surface area (Å²) in [5.74, 6) is 3.45. The number of nitrogens with zero attached hydrogens (tertiary/aromatic N) is 5. The highest BCUT2D eigenvalue weighted by molar-refractivity contribution is 7.80. The van der Waals surface area contributed by atoms with Crippen LogP contribution in [0.2, 0.25) is 5.02 Å². The number of thiol groups is 1. The summed E-state index contributed by atoms with van der Waals surface area (Å²) in [5, 5.41) is 12.9. The zero-order valence-electron chi connectivity index (χ0n) is 19.0. The SMILES string of the molecule is COc1ccc(OCc2nnc(C(S)c3noc(-c4cccc(Cl)c4)n3)n2CC2CCCO2)cc1. The minimum Gasteiger partial charge on any atom is -0.497 e. The van der Waals surface area contributed by atoms with Crippen LogP contribution in [0.1, 0.15) is 35.6 Å². The number of halogens is 1. The zero-order chi connectivity index (χ0) is 24.2. The second-order valence-corrected chi connectivity index (χ2v) is 9.01. The Labute approximate surface area is 212 Å². The maximum absolute atomic E-state index is 6.10. The molecule has 1 saturated heterocycles. The first-order chi connectivity index (χ1) is 17.1. The Morgan fingerprint density at radius 1 is 1.17 bits per heavy atom. The van der Waals surface area contributed by atoms with Crippen LogP contribution in [0, 0.1) is 0 Å². The van der Waals surface area contributed by atoms with Gasteiger partial charge in [0.1, 0.15) is 23.4 Å². The van der Waals surface area contributed by atoms with Crippen LogP contribution in [0.4, 0.5) is 0 Å². The van der Waals surface area contributed by atoms with Gasteiger partial charge in [-0.25, -0.2) is 0 Å². The van der Waals surface area contributed by atoms with Crippen molar-refractivity contribution in [1.29, 1.82) is 0 Å². The molecule has 2 aromatic heterocycles. The second-order valence-electron chi connectivity index (χ2n) is 8.05. The standard InChI is InChI=1S/C24H24ClN5O4S/c1-31-17-7-9-18(10-8-17)33-14-20-27-28-23(30(20)13-19-6-3-11-32-19)21(35)22-26-24(34-29-22)15-4-2-5-16(25)12-15/h2,4-5,7-10,12,19,21,35H,3,6,11,13-14H2,1H3. The minimum atomic E-state index is -0.560. The van der Waals surface area contributed by atoms with Crippen molar-refractivity contribution in [2.75, 3.05) is 13.7 Å². The van der Waals surface area contributed by atoms with Crippen LogP contribution in [0.3, 0.4) is 0 Å². The first kappa shape index (κ1) is 23.7. The molecule has 182 valence electrons. The third-order valence-electron chi connectivity index (χ3n) is 5.70. The second kappa shape index (κ2) is 10.7. The van der Waals surface area contributed by atoms with Gasteiger partial charge >= 0.3 is 0 Å². The molecular formula is C24H24ClN5O4S.